The molecule has 5 nitrogen and oxygen atoms in total. The van der Waals surface area contributed by atoms with Gasteiger partial charge >= 0.3 is 0 Å². The minimum Gasteiger partial charge on any atom is -0.368 e. The number of halogens is 1. The number of amides is 2. The van der Waals surface area contributed by atoms with Gasteiger partial charge in [0.1, 0.15) is 0 Å². The Hall–Kier alpha value is -2.34. The van der Waals surface area contributed by atoms with Crippen molar-refractivity contribution in [3.8, 4) is 0 Å². The van der Waals surface area contributed by atoms with Gasteiger partial charge in [0.25, 0.3) is 5.91 Å². The first kappa shape index (κ1) is 19.4. The van der Waals surface area contributed by atoms with Crippen LogP contribution < -0.4 is 10.2 Å². The maximum atomic E-state index is 12.3. The highest BCUT2D eigenvalue weighted by molar-refractivity contribution is 9.10. The highest BCUT2D eigenvalue weighted by atomic mass is 79.9. The van der Waals surface area contributed by atoms with Crippen molar-refractivity contribution in [2.75, 3.05) is 36.4 Å². The summed E-state index contributed by atoms with van der Waals surface area (Å²) in [7, 11) is 0. The number of piperazine rings is 1. The van der Waals surface area contributed by atoms with Crippen LogP contribution in [0.25, 0.3) is 0 Å². The van der Waals surface area contributed by atoms with Crippen molar-refractivity contribution in [1.29, 1.82) is 0 Å². The highest BCUT2D eigenvalue weighted by Crippen LogP contribution is 2.21. The van der Waals surface area contributed by atoms with Crippen molar-refractivity contribution < 1.29 is 9.59 Å². The summed E-state index contributed by atoms with van der Waals surface area (Å²) in [5.74, 6) is 0.134. The smallest absolute Gasteiger partial charge is 0.255 e. The second-order valence-corrected chi connectivity index (χ2v) is 7.89. The molecule has 27 heavy (non-hydrogen) atoms. The summed E-state index contributed by atoms with van der Waals surface area (Å²) in [6, 6.07) is 15.2. The molecular formula is C21H24BrN3O2. The van der Waals surface area contributed by atoms with E-state index in [9.17, 15) is 9.59 Å². The molecule has 2 aromatic rings. The van der Waals surface area contributed by atoms with E-state index in [0.29, 0.717) is 5.56 Å². The molecule has 0 bridgehead atoms. The molecule has 1 saturated heterocycles. The Morgan fingerprint density at radius 1 is 1.00 bits per heavy atom. The summed E-state index contributed by atoms with van der Waals surface area (Å²) in [5, 5.41) is 2.92. The van der Waals surface area contributed by atoms with Crippen molar-refractivity contribution in [1.82, 2.24) is 4.90 Å². The largest absolute Gasteiger partial charge is 0.368 e. The number of rotatable bonds is 4. The second kappa shape index (κ2) is 8.57. The van der Waals surface area contributed by atoms with Crippen molar-refractivity contribution >= 4 is 39.1 Å². The molecule has 2 aromatic carbocycles. The number of nitrogens with zero attached hydrogens (tertiary/aromatic N) is 2. The van der Waals surface area contributed by atoms with Crippen LogP contribution in [-0.2, 0) is 4.79 Å². The maximum absolute atomic E-state index is 12.3. The minimum atomic E-state index is -0.134. The van der Waals surface area contributed by atoms with E-state index in [1.165, 1.54) is 0 Å². The normalized spacial score (nSPS) is 14.4. The first-order valence-electron chi connectivity index (χ1n) is 9.15. The van der Waals surface area contributed by atoms with Crippen molar-refractivity contribution in [3.05, 3.63) is 58.6 Å². The quantitative estimate of drug-likeness (QED) is 0.798. The van der Waals surface area contributed by atoms with E-state index >= 15 is 0 Å². The zero-order valence-corrected chi connectivity index (χ0v) is 17.2. The lowest BCUT2D eigenvalue weighted by molar-refractivity contribution is -0.134. The fraction of sp³-hybridized carbons (Fsp3) is 0.333. The molecule has 0 saturated carbocycles. The summed E-state index contributed by atoms with van der Waals surface area (Å²) in [4.78, 5) is 28.6. The molecule has 0 spiro atoms. The number of nitrogens with one attached hydrogen (secondary N) is 1. The van der Waals surface area contributed by atoms with Gasteiger partial charge in [-0.25, -0.2) is 0 Å². The lowest BCUT2D eigenvalue weighted by Gasteiger charge is -2.37. The number of carbonyl (C=O) groups excluding carboxylic acids is 2. The zero-order chi connectivity index (χ0) is 19.4. The Balaban J connectivity index is 1.58. The Labute approximate surface area is 168 Å². The number of hydrogen-bond donors (Lipinski definition) is 1. The Morgan fingerprint density at radius 3 is 2.26 bits per heavy atom. The van der Waals surface area contributed by atoms with Crippen LogP contribution in [0.4, 0.5) is 11.4 Å². The first-order chi connectivity index (χ1) is 12.9. The molecule has 0 unspecified atom stereocenters. The Bertz CT molecular complexity index is 812. The van der Waals surface area contributed by atoms with Crippen molar-refractivity contribution in [2.24, 2.45) is 5.92 Å². The lowest BCUT2D eigenvalue weighted by Crippen LogP contribution is -2.49. The van der Waals surface area contributed by atoms with Gasteiger partial charge in [-0.15, -0.1) is 0 Å². The summed E-state index contributed by atoms with van der Waals surface area (Å²) >= 11 is 3.38. The monoisotopic (exact) mass is 429 g/mol. The van der Waals surface area contributed by atoms with Gasteiger partial charge in [-0.05, 0) is 42.5 Å². The molecule has 1 fully saturated rings. The summed E-state index contributed by atoms with van der Waals surface area (Å²) in [6.07, 6.45) is 0. The molecule has 1 aliphatic rings. The van der Waals surface area contributed by atoms with Gasteiger partial charge in [-0.3, -0.25) is 9.59 Å². The van der Waals surface area contributed by atoms with Crippen LogP contribution in [0.1, 0.15) is 24.2 Å². The van der Waals surface area contributed by atoms with E-state index in [-0.39, 0.29) is 17.7 Å². The first-order valence-corrected chi connectivity index (χ1v) is 9.94. The van der Waals surface area contributed by atoms with E-state index in [1.54, 1.807) is 12.1 Å². The minimum absolute atomic E-state index is 0.0460. The topological polar surface area (TPSA) is 52.7 Å². The lowest BCUT2D eigenvalue weighted by atomic mass is 10.1. The molecule has 0 atom stereocenters. The predicted molar refractivity (Wildman–Crippen MR) is 112 cm³/mol. The van der Waals surface area contributed by atoms with Crippen LogP contribution in [0, 0.1) is 5.92 Å². The summed E-state index contributed by atoms with van der Waals surface area (Å²) < 4.78 is 0.876. The van der Waals surface area contributed by atoms with Crippen LogP contribution in [-0.4, -0.2) is 42.9 Å². The number of carbonyl (C=O) groups is 2. The maximum Gasteiger partial charge on any atom is 0.255 e. The molecule has 6 heteroatoms. The van der Waals surface area contributed by atoms with Crippen LogP contribution in [0.3, 0.4) is 0 Å². The fourth-order valence-electron chi connectivity index (χ4n) is 3.14. The third-order valence-electron chi connectivity index (χ3n) is 4.66. The van der Waals surface area contributed by atoms with Crippen LogP contribution in [0.2, 0.25) is 0 Å². The van der Waals surface area contributed by atoms with Crippen molar-refractivity contribution in [2.45, 2.75) is 13.8 Å². The highest BCUT2D eigenvalue weighted by Gasteiger charge is 2.22. The van der Waals surface area contributed by atoms with E-state index in [2.05, 4.69) is 26.1 Å². The standard InChI is InChI=1S/C21H24BrN3O2/c1-15(2)21(27)25-12-10-24(11-13-25)19-8-6-18(7-9-19)23-20(26)16-4-3-5-17(22)14-16/h3-9,14-15H,10-13H2,1-2H3,(H,23,26). The average molecular weight is 430 g/mol. The third-order valence-corrected chi connectivity index (χ3v) is 5.16. The molecule has 142 valence electrons. The van der Waals surface area contributed by atoms with E-state index in [1.807, 2.05) is 55.1 Å². The third kappa shape index (κ3) is 4.89. The van der Waals surface area contributed by atoms with Gasteiger partial charge < -0.3 is 15.1 Å². The Morgan fingerprint density at radius 2 is 1.67 bits per heavy atom. The van der Waals surface area contributed by atoms with Gasteiger partial charge in [0.2, 0.25) is 5.91 Å². The molecule has 1 N–H and O–H groups in total. The summed E-state index contributed by atoms with van der Waals surface area (Å²) in [5.41, 5.74) is 2.48. The SMILES string of the molecule is CC(C)C(=O)N1CCN(c2ccc(NC(=O)c3cccc(Br)c3)cc2)CC1. The average Bonchev–Trinajstić information content (AvgIpc) is 2.68. The van der Waals surface area contributed by atoms with Crippen molar-refractivity contribution in [3.63, 3.8) is 0 Å². The molecule has 0 aromatic heterocycles. The zero-order valence-electron chi connectivity index (χ0n) is 15.6. The van der Waals surface area contributed by atoms with Gasteiger partial charge in [0, 0.05) is 53.5 Å². The number of anilines is 2. The second-order valence-electron chi connectivity index (χ2n) is 6.98. The van der Waals surface area contributed by atoms with E-state index < -0.39 is 0 Å². The van der Waals surface area contributed by atoms with E-state index in [0.717, 1.165) is 42.0 Å². The van der Waals surface area contributed by atoms with E-state index in [4.69, 9.17) is 0 Å². The van der Waals surface area contributed by atoms with Gasteiger partial charge in [0.15, 0.2) is 0 Å². The molecule has 1 aliphatic heterocycles. The molecule has 0 aliphatic carbocycles. The van der Waals surface area contributed by atoms with Gasteiger partial charge in [-0.1, -0.05) is 35.8 Å². The molecule has 3 rings (SSSR count). The van der Waals surface area contributed by atoms with Crippen LogP contribution in [0.15, 0.2) is 53.0 Å². The van der Waals surface area contributed by atoms with Gasteiger partial charge in [-0.2, -0.15) is 0 Å². The molecule has 1 heterocycles. The summed E-state index contributed by atoms with van der Waals surface area (Å²) in [6.45, 7) is 7.02. The number of hydrogen-bond acceptors (Lipinski definition) is 3. The molecule has 0 radical (unpaired) electrons. The number of benzene rings is 2. The molecular weight excluding hydrogens is 406 g/mol. The Kier molecular flexibility index (Phi) is 6.16. The molecule has 2 amide bonds. The fourth-order valence-corrected chi connectivity index (χ4v) is 3.54. The van der Waals surface area contributed by atoms with Gasteiger partial charge in [0.05, 0.1) is 0 Å². The predicted octanol–water partition coefficient (Wildman–Crippen LogP) is 4.01. The van der Waals surface area contributed by atoms with Crippen LogP contribution >= 0.6 is 15.9 Å². The van der Waals surface area contributed by atoms with Crippen LogP contribution in [0.5, 0.6) is 0 Å².